The first-order valence-electron chi connectivity index (χ1n) is 6.75. The molecule has 1 atom stereocenters. The van der Waals surface area contributed by atoms with Crippen LogP contribution in [0.3, 0.4) is 0 Å². The third kappa shape index (κ3) is 3.40. The van der Waals surface area contributed by atoms with Crippen LogP contribution in [0.2, 0.25) is 0 Å². The van der Waals surface area contributed by atoms with E-state index in [1.807, 2.05) is 72.3 Å². The third-order valence-electron chi connectivity index (χ3n) is 3.59. The van der Waals surface area contributed by atoms with Crippen molar-refractivity contribution >= 4 is 16.7 Å². The number of carbonyl (C=O) groups is 1. The Bertz CT molecular complexity index is 754. The molecule has 1 heterocycles. The van der Waals surface area contributed by atoms with E-state index < -0.39 is 0 Å². The highest BCUT2D eigenvalue weighted by Crippen LogP contribution is 2.14. The van der Waals surface area contributed by atoms with Gasteiger partial charge in [0.15, 0.2) is 6.20 Å². The van der Waals surface area contributed by atoms with Crippen LogP contribution in [0.5, 0.6) is 0 Å². The highest BCUT2D eigenvalue weighted by Gasteiger charge is 2.25. The maximum absolute atomic E-state index is 12.6. The van der Waals surface area contributed by atoms with Crippen molar-refractivity contribution in [2.45, 2.75) is 13.0 Å². The molecule has 0 saturated carbocycles. The van der Waals surface area contributed by atoms with Gasteiger partial charge in [0, 0.05) is 30.0 Å². The van der Waals surface area contributed by atoms with Gasteiger partial charge >= 0.3 is 0 Å². The molecule has 114 valence electrons. The second-order valence-electron chi connectivity index (χ2n) is 4.88. The van der Waals surface area contributed by atoms with Crippen molar-refractivity contribution in [3.8, 4) is 0 Å². The maximum atomic E-state index is 12.6. The first-order valence-corrected chi connectivity index (χ1v) is 6.75. The van der Waals surface area contributed by atoms with Gasteiger partial charge in [-0.3, -0.25) is 4.79 Å². The number of rotatable bonds is 3. The van der Waals surface area contributed by atoms with E-state index in [1.54, 1.807) is 0 Å². The van der Waals surface area contributed by atoms with Gasteiger partial charge in [-0.25, -0.2) is 0 Å². The van der Waals surface area contributed by atoms with Crippen LogP contribution in [-0.2, 0) is 0 Å². The summed E-state index contributed by atoms with van der Waals surface area (Å²) in [5.74, 6) is 0.131. The number of Topliss-reactive ketones (excluding diaryl/α,β-unsaturated/α-hetero) is 1. The van der Waals surface area contributed by atoms with Gasteiger partial charge in [-0.05, 0) is 12.1 Å². The van der Waals surface area contributed by atoms with Gasteiger partial charge in [0.2, 0.25) is 17.3 Å². The molecule has 4 heteroatoms. The van der Waals surface area contributed by atoms with Gasteiger partial charge in [-0.2, -0.15) is 4.57 Å². The fourth-order valence-corrected chi connectivity index (χ4v) is 2.49. The molecule has 0 bridgehead atoms. The lowest BCUT2D eigenvalue weighted by molar-refractivity contribution is -0.679. The van der Waals surface area contributed by atoms with E-state index in [4.69, 9.17) is 0 Å². The first-order chi connectivity index (χ1) is 9.77. The van der Waals surface area contributed by atoms with E-state index in [9.17, 15) is 4.79 Å². The average Bonchev–Trinajstić information content (AvgIpc) is 2.54. The van der Waals surface area contributed by atoms with E-state index in [-0.39, 0.29) is 34.3 Å². The van der Waals surface area contributed by atoms with Crippen LogP contribution in [0.15, 0.2) is 72.9 Å². The van der Waals surface area contributed by atoms with E-state index in [0.717, 1.165) is 16.5 Å². The number of pyridine rings is 1. The van der Waals surface area contributed by atoms with Gasteiger partial charge in [0.1, 0.15) is 0 Å². The molecule has 3 rings (SSSR count). The molecule has 0 spiro atoms. The summed E-state index contributed by atoms with van der Waals surface area (Å²) in [5.41, 5.74) is 1.83. The van der Waals surface area contributed by atoms with Gasteiger partial charge in [0.05, 0.1) is 0 Å². The van der Waals surface area contributed by atoms with Crippen LogP contribution in [0.25, 0.3) is 10.9 Å². The smallest absolute Gasteiger partial charge is 0.230 e. The summed E-state index contributed by atoms with van der Waals surface area (Å²) in [5, 5.41) is 1.14. The second-order valence-corrected chi connectivity index (χ2v) is 4.88. The number of aromatic nitrogens is 1. The number of benzene rings is 2. The largest absolute Gasteiger partial charge is 1.00 e. The number of hydrogen-bond acceptors (Lipinski definition) is 1. The molecule has 0 aliphatic heterocycles. The molecule has 1 aromatic heterocycles. The molecule has 0 aliphatic rings. The van der Waals surface area contributed by atoms with Crippen molar-refractivity contribution in [1.82, 2.24) is 0 Å². The minimum Gasteiger partial charge on any atom is -1.00 e. The molecule has 1 unspecified atom stereocenters. The lowest BCUT2D eigenvalue weighted by Crippen LogP contribution is -3.00. The molecule has 0 saturated heterocycles. The molecule has 0 amide bonds. The first kappa shape index (κ1) is 18.0. The number of fused-ring (bicyclic) bond motifs is 1. The zero-order valence-corrected chi connectivity index (χ0v) is 13.8. The molecular formula is C18H18BrNO2. The Morgan fingerprint density at radius 2 is 1.50 bits per heavy atom. The van der Waals surface area contributed by atoms with Crippen LogP contribution in [0.1, 0.15) is 23.3 Å². The lowest BCUT2D eigenvalue weighted by Gasteiger charge is -2.08. The molecule has 2 aromatic carbocycles. The fourth-order valence-electron chi connectivity index (χ4n) is 2.49. The van der Waals surface area contributed by atoms with Gasteiger partial charge in [-0.1, -0.05) is 42.5 Å². The Labute approximate surface area is 140 Å². The van der Waals surface area contributed by atoms with Gasteiger partial charge < -0.3 is 22.5 Å². The fraction of sp³-hybridized carbons (Fsp3) is 0.111. The Morgan fingerprint density at radius 1 is 0.909 bits per heavy atom. The lowest BCUT2D eigenvalue weighted by atomic mass is 10.0. The molecule has 3 nitrogen and oxygen atoms in total. The van der Waals surface area contributed by atoms with E-state index in [0.29, 0.717) is 0 Å². The summed E-state index contributed by atoms with van der Waals surface area (Å²) in [7, 11) is 0. The van der Waals surface area contributed by atoms with E-state index in [2.05, 4.69) is 12.1 Å². The maximum Gasteiger partial charge on any atom is 0.230 e. The predicted molar refractivity (Wildman–Crippen MR) is 83.2 cm³/mol. The van der Waals surface area contributed by atoms with E-state index >= 15 is 0 Å². The SMILES string of the molecule is CC(C(=O)c1ccccc1)[n+]1cccc2ccccc21.O.[Br-]. The molecular weight excluding hydrogens is 342 g/mol. The predicted octanol–water partition coefficient (Wildman–Crippen LogP) is -0.250. The number of para-hydroxylation sites is 1. The minimum absolute atomic E-state index is 0. The van der Waals surface area contributed by atoms with Gasteiger partial charge in [0.25, 0.3) is 0 Å². The number of ketones is 1. The molecule has 0 radical (unpaired) electrons. The topological polar surface area (TPSA) is 52.5 Å². The van der Waals surface area contributed by atoms with Crippen molar-refractivity contribution < 1.29 is 31.8 Å². The summed E-state index contributed by atoms with van der Waals surface area (Å²) in [6.45, 7) is 1.95. The van der Waals surface area contributed by atoms with Crippen LogP contribution < -0.4 is 21.5 Å². The normalized spacial score (nSPS) is 11.1. The molecule has 0 aliphatic carbocycles. The summed E-state index contributed by atoms with van der Waals surface area (Å²) < 4.78 is 2.03. The number of halogens is 1. The second kappa shape index (κ2) is 7.82. The summed E-state index contributed by atoms with van der Waals surface area (Å²) in [6, 6.07) is 21.4. The Hall–Kier alpha value is -2.04. The van der Waals surface area contributed by atoms with Crippen LogP contribution >= 0.6 is 0 Å². The Morgan fingerprint density at radius 3 is 2.23 bits per heavy atom. The highest BCUT2D eigenvalue weighted by atomic mass is 79.9. The monoisotopic (exact) mass is 359 g/mol. The molecule has 2 N–H and O–H groups in total. The third-order valence-corrected chi connectivity index (χ3v) is 3.59. The van der Waals surface area contributed by atoms with Crippen molar-refractivity contribution in [3.63, 3.8) is 0 Å². The number of carbonyl (C=O) groups excluding carboxylic acids is 1. The quantitative estimate of drug-likeness (QED) is 0.470. The zero-order chi connectivity index (χ0) is 13.9. The molecule has 22 heavy (non-hydrogen) atoms. The Balaban J connectivity index is 0.00000121. The summed E-state index contributed by atoms with van der Waals surface area (Å²) >= 11 is 0. The standard InChI is InChI=1S/C18H16NO.BrH.H2O/c1-14(18(20)16-9-3-2-4-10-16)19-13-7-11-15-8-5-6-12-17(15)19;;/h2-14H,1H3;1H;1H2/q+1;;/p-1. The van der Waals surface area contributed by atoms with Crippen LogP contribution in [-0.4, -0.2) is 11.3 Å². The number of nitrogens with zero attached hydrogens (tertiary/aromatic N) is 1. The highest BCUT2D eigenvalue weighted by molar-refractivity contribution is 5.97. The molecule has 3 aromatic rings. The minimum atomic E-state index is -0.219. The van der Waals surface area contributed by atoms with Crippen molar-refractivity contribution in [3.05, 3.63) is 78.5 Å². The average molecular weight is 360 g/mol. The van der Waals surface area contributed by atoms with Gasteiger partial charge in [-0.15, -0.1) is 0 Å². The van der Waals surface area contributed by atoms with Crippen molar-refractivity contribution in [2.24, 2.45) is 0 Å². The zero-order valence-electron chi connectivity index (χ0n) is 12.2. The molecule has 0 fully saturated rings. The van der Waals surface area contributed by atoms with Crippen molar-refractivity contribution in [1.29, 1.82) is 0 Å². The van der Waals surface area contributed by atoms with Crippen LogP contribution in [0.4, 0.5) is 0 Å². The summed E-state index contributed by atoms with van der Waals surface area (Å²) in [4.78, 5) is 12.6. The van der Waals surface area contributed by atoms with E-state index in [1.165, 1.54) is 0 Å². The van der Waals surface area contributed by atoms with Crippen molar-refractivity contribution in [2.75, 3.05) is 0 Å². The Kier molecular flexibility index (Phi) is 6.40. The number of hydrogen-bond donors (Lipinski definition) is 0. The van der Waals surface area contributed by atoms with Crippen LogP contribution in [0, 0.1) is 0 Å². The summed E-state index contributed by atoms with van der Waals surface area (Å²) in [6.07, 6.45) is 1.97.